The average Bonchev–Trinajstić information content (AvgIpc) is 2.50. The highest BCUT2D eigenvalue weighted by atomic mass is 16.5. The monoisotopic (exact) mass is 385 g/mol. The number of carboxylic acid groups (broad SMARTS) is 1. The summed E-state index contributed by atoms with van der Waals surface area (Å²) in [5.74, 6) is -1.83. The quantitative estimate of drug-likeness (QED) is 0.190. The van der Waals surface area contributed by atoms with Crippen molar-refractivity contribution < 1.29 is 29.0 Å². The lowest BCUT2D eigenvalue weighted by atomic mass is 10.1. The number of nitrogens with zero attached hydrogens (tertiary/aromatic N) is 1. The van der Waals surface area contributed by atoms with Crippen molar-refractivity contribution in [2.75, 3.05) is 27.7 Å². The molecule has 2 atom stereocenters. The maximum atomic E-state index is 12.0. The van der Waals surface area contributed by atoms with Crippen LogP contribution in [0.5, 0.6) is 0 Å². The molecule has 0 spiro atoms. The van der Waals surface area contributed by atoms with E-state index in [0.29, 0.717) is 17.4 Å². The molecule has 0 aromatic carbocycles. The van der Waals surface area contributed by atoms with E-state index in [1.807, 2.05) is 33.3 Å². The maximum absolute atomic E-state index is 12.0. The van der Waals surface area contributed by atoms with Crippen LogP contribution in [-0.2, 0) is 14.3 Å². The Labute approximate surface area is 164 Å². The molecule has 0 saturated carbocycles. The zero-order chi connectivity index (χ0) is 20.7. The molecular weight excluding hydrogens is 346 g/mol. The number of hydrogen-bond donors (Lipinski definition) is 1. The van der Waals surface area contributed by atoms with Crippen molar-refractivity contribution in [2.24, 2.45) is 0 Å². The Balaban J connectivity index is 4.06. The van der Waals surface area contributed by atoms with Gasteiger partial charge in [-0.2, -0.15) is 0 Å². The highest BCUT2D eigenvalue weighted by Gasteiger charge is 2.23. The minimum absolute atomic E-state index is 0.137. The molecule has 158 valence electrons. The summed E-state index contributed by atoms with van der Waals surface area (Å²) in [7, 11) is 5.67. The second-order valence-electron chi connectivity index (χ2n) is 8.28. The molecule has 0 aliphatic carbocycles. The smallest absolute Gasteiger partial charge is 0.308 e. The maximum Gasteiger partial charge on any atom is 0.308 e. The summed E-state index contributed by atoms with van der Waals surface area (Å²) in [4.78, 5) is 22.8. The number of aliphatic hydroxyl groups is 1. The van der Waals surface area contributed by atoms with Crippen molar-refractivity contribution in [2.45, 2.75) is 83.3 Å². The number of esters is 1. The minimum atomic E-state index is -1.25. The lowest BCUT2D eigenvalue weighted by molar-refractivity contribution is -0.873. The molecule has 0 bridgehead atoms. The van der Waals surface area contributed by atoms with Crippen LogP contribution in [0.4, 0.5) is 0 Å². The van der Waals surface area contributed by atoms with Gasteiger partial charge in [-0.1, -0.05) is 51.2 Å². The van der Waals surface area contributed by atoms with Gasteiger partial charge in [0.05, 0.1) is 33.7 Å². The summed E-state index contributed by atoms with van der Waals surface area (Å²) in [6, 6.07) is 0. The van der Waals surface area contributed by atoms with E-state index in [1.54, 1.807) is 0 Å². The number of aliphatic hydroxyl groups excluding tert-OH is 1. The van der Waals surface area contributed by atoms with Crippen LogP contribution < -0.4 is 5.11 Å². The summed E-state index contributed by atoms with van der Waals surface area (Å²) >= 11 is 0. The predicted molar refractivity (Wildman–Crippen MR) is 105 cm³/mol. The zero-order valence-electron chi connectivity index (χ0n) is 17.6. The Morgan fingerprint density at radius 1 is 1.04 bits per heavy atom. The molecule has 27 heavy (non-hydrogen) atoms. The third kappa shape index (κ3) is 17.8. The molecule has 0 unspecified atom stereocenters. The first-order valence-corrected chi connectivity index (χ1v) is 10.2. The molecule has 0 aliphatic rings. The number of quaternary nitrogens is 1. The van der Waals surface area contributed by atoms with Gasteiger partial charge in [0, 0.05) is 12.4 Å². The number of hydrogen-bond acceptors (Lipinski definition) is 5. The van der Waals surface area contributed by atoms with Gasteiger partial charge in [-0.05, 0) is 19.3 Å². The van der Waals surface area contributed by atoms with Crippen molar-refractivity contribution in [1.82, 2.24) is 0 Å². The summed E-state index contributed by atoms with van der Waals surface area (Å²) in [5, 5.41) is 20.8. The molecule has 0 aliphatic heterocycles. The van der Waals surface area contributed by atoms with E-state index in [2.05, 4.69) is 6.92 Å². The second kappa shape index (κ2) is 14.6. The van der Waals surface area contributed by atoms with E-state index in [9.17, 15) is 19.8 Å². The zero-order valence-corrected chi connectivity index (χ0v) is 17.6. The Bertz CT molecular complexity index is 442. The van der Waals surface area contributed by atoms with Crippen LogP contribution in [-0.4, -0.2) is 61.4 Å². The molecule has 0 fully saturated rings. The minimum Gasteiger partial charge on any atom is -0.550 e. The van der Waals surface area contributed by atoms with Crippen LogP contribution in [0.15, 0.2) is 12.2 Å². The largest absolute Gasteiger partial charge is 0.550 e. The topological polar surface area (TPSA) is 86.7 Å². The number of allylic oxidation sites excluding steroid dienone is 1. The third-order valence-corrected chi connectivity index (χ3v) is 4.15. The fourth-order valence-corrected chi connectivity index (χ4v) is 2.86. The van der Waals surface area contributed by atoms with Crippen LogP contribution in [0.25, 0.3) is 0 Å². The Morgan fingerprint density at radius 2 is 1.67 bits per heavy atom. The molecule has 6 nitrogen and oxygen atoms in total. The first kappa shape index (κ1) is 25.6. The Hall–Kier alpha value is -1.40. The van der Waals surface area contributed by atoms with Crippen molar-refractivity contribution >= 4 is 11.9 Å². The fraction of sp³-hybridized carbons (Fsp3) is 0.810. The van der Waals surface area contributed by atoms with E-state index in [0.717, 1.165) is 12.8 Å². The van der Waals surface area contributed by atoms with E-state index in [1.165, 1.54) is 32.1 Å². The van der Waals surface area contributed by atoms with Crippen molar-refractivity contribution in [3.8, 4) is 0 Å². The molecule has 0 heterocycles. The first-order chi connectivity index (χ1) is 12.6. The van der Waals surface area contributed by atoms with Crippen molar-refractivity contribution in [1.29, 1.82) is 0 Å². The van der Waals surface area contributed by atoms with Gasteiger partial charge in [0.1, 0.15) is 6.54 Å². The summed E-state index contributed by atoms with van der Waals surface area (Å²) in [6.07, 6.45) is 10.8. The summed E-state index contributed by atoms with van der Waals surface area (Å²) in [6.45, 7) is 2.57. The first-order valence-electron chi connectivity index (χ1n) is 10.2. The molecule has 0 aromatic rings. The van der Waals surface area contributed by atoms with Gasteiger partial charge in [-0.3, -0.25) is 4.79 Å². The third-order valence-electron chi connectivity index (χ3n) is 4.15. The van der Waals surface area contributed by atoms with Gasteiger partial charge in [-0.15, -0.1) is 0 Å². The normalized spacial score (nSPS) is 14.3. The second-order valence-corrected chi connectivity index (χ2v) is 8.28. The number of rotatable bonds is 16. The van der Waals surface area contributed by atoms with Gasteiger partial charge in [0.25, 0.3) is 0 Å². The lowest BCUT2D eigenvalue weighted by Gasteiger charge is -2.29. The Morgan fingerprint density at radius 3 is 2.26 bits per heavy atom. The van der Waals surface area contributed by atoms with Crippen molar-refractivity contribution in [3.05, 3.63) is 12.2 Å². The highest BCUT2D eigenvalue weighted by Crippen LogP contribution is 2.10. The van der Waals surface area contributed by atoms with Gasteiger partial charge >= 0.3 is 5.97 Å². The number of aliphatic carboxylic acids is 1. The molecule has 1 N–H and O–H groups in total. The van der Waals surface area contributed by atoms with E-state index < -0.39 is 24.1 Å². The highest BCUT2D eigenvalue weighted by molar-refractivity contribution is 5.71. The molecule has 0 radical (unpaired) electrons. The molecule has 0 rings (SSSR count). The van der Waals surface area contributed by atoms with Crippen molar-refractivity contribution in [3.63, 3.8) is 0 Å². The standard InChI is InChI=1S/C21H39NO5/c1-5-6-7-8-9-10-11-12-13-14-18(23)15-21(26)27-19(16-20(24)25)17-22(2,3)4/h12-13,18-19,23H,5-11,14-17H2,1-4H3/b13-12-/t18-,19+/m0/s1. The van der Waals surface area contributed by atoms with Crippen LogP contribution in [0.2, 0.25) is 0 Å². The van der Waals surface area contributed by atoms with Gasteiger partial charge in [0.2, 0.25) is 0 Å². The Kier molecular flexibility index (Phi) is 13.9. The number of likely N-dealkylation sites (N-methyl/N-ethyl adjacent to an activating group) is 1. The van der Waals surface area contributed by atoms with E-state index >= 15 is 0 Å². The molecule has 0 saturated heterocycles. The number of carbonyl (C=O) groups excluding carboxylic acids is 2. The van der Waals surface area contributed by atoms with Crippen LogP contribution >= 0.6 is 0 Å². The molecule has 0 amide bonds. The molecule has 0 aromatic heterocycles. The average molecular weight is 386 g/mol. The molecule has 6 heteroatoms. The van der Waals surface area contributed by atoms with E-state index in [4.69, 9.17) is 4.74 Å². The number of unbranched alkanes of at least 4 members (excludes halogenated alkanes) is 6. The van der Waals surface area contributed by atoms with E-state index in [-0.39, 0.29) is 12.8 Å². The summed E-state index contributed by atoms with van der Waals surface area (Å²) in [5.41, 5.74) is 0. The number of ether oxygens (including phenoxy) is 1. The lowest BCUT2D eigenvalue weighted by Crippen LogP contribution is -2.45. The van der Waals surface area contributed by atoms with Crippen LogP contribution in [0.3, 0.4) is 0 Å². The van der Waals surface area contributed by atoms with Crippen LogP contribution in [0, 0.1) is 0 Å². The van der Waals surface area contributed by atoms with Gasteiger partial charge in [0.15, 0.2) is 6.10 Å². The number of carboxylic acids is 1. The summed E-state index contributed by atoms with van der Waals surface area (Å²) < 4.78 is 5.71. The van der Waals surface area contributed by atoms with Gasteiger partial charge in [-0.25, -0.2) is 0 Å². The molecular formula is C21H39NO5. The fourth-order valence-electron chi connectivity index (χ4n) is 2.86. The predicted octanol–water partition coefficient (Wildman–Crippen LogP) is 2.19. The SMILES string of the molecule is CCCCCCCC/C=C\C[C@H](O)CC(=O)O[C@H](CC(=O)[O-])C[N+](C)(C)C. The number of carbonyl (C=O) groups is 2. The van der Waals surface area contributed by atoms with Crippen LogP contribution in [0.1, 0.15) is 71.1 Å². The van der Waals surface area contributed by atoms with Gasteiger partial charge < -0.3 is 24.2 Å².